The fourth-order valence-electron chi connectivity index (χ4n) is 1.88. The van der Waals surface area contributed by atoms with Crippen molar-refractivity contribution < 1.29 is 5.21 Å². The monoisotopic (exact) mass is 270 g/mol. The van der Waals surface area contributed by atoms with Gasteiger partial charge >= 0.3 is 0 Å². The maximum atomic E-state index is 8.62. The number of nitrogens with zero attached hydrogens (tertiary/aromatic N) is 3. The number of rotatable bonds is 4. The van der Waals surface area contributed by atoms with Crippen molar-refractivity contribution in [2.45, 2.75) is 13.3 Å². The molecule has 0 spiro atoms. The summed E-state index contributed by atoms with van der Waals surface area (Å²) in [5, 5.41) is 11.6. The van der Waals surface area contributed by atoms with Gasteiger partial charge in [0.1, 0.15) is 5.82 Å². The quantitative estimate of drug-likeness (QED) is 0.387. The van der Waals surface area contributed by atoms with Crippen molar-refractivity contribution in [1.82, 2.24) is 4.98 Å². The molecule has 0 atom stereocenters. The first-order chi connectivity index (χ1) is 9.65. The first-order valence-corrected chi connectivity index (χ1v) is 6.42. The van der Waals surface area contributed by atoms with E-state index in [4.69, 9.17) is 10.9 Å². The Kier molecular flexibility index (Phi) is 4.20. The number of amidine groups is 1. The molecule has 1 aromatic carbocycles. The number of benzene rings is 1. The number of nitrogens with two attached hydrogens (primary N) is 1. The Labute approximate surface area is 118 Å². The molecule has 20 heavy (non-hydrogen) atoms. The summed E-state index contributed by atoms with van der Waals surface area (Å²) in [7, 11) is 1.95. The molecule has 0 saturated heterocycles. The van der Waals surface area contributed by atoms with Crippen LogP contribution in [0.25, 0.3) is 0 Å². The second-order valence-corrected chi connectivity index (χ2v) is 4.47. The summed E-state index contributed by atoms with van der Waals surface area (Å²) in [6, 6.07) is 12.0. The van der Waals surface area contributed by atoms with Crippen molar-refractivity contribution in [1.29, 1.82) is 0 Å². The number of pyridine rings is 1. The van der Waals surface area contributed by atoms with E-state index in [1.165, 1.54) is 5.56 Å². The van der Waals surface area contributed by atoms with E-state index < -0.39 is 0 Å². The number of anilines is 2. The van der Waals surface area contributed by atoms with Gasteiger partial charge in [-0.1, -0.05) is 24.2 Å². The van der Waals surface area contributed by atoms with Crippen molar-refractivity contribution >= 4 is 17.3 Å². The Morgan fingerprint density at radius 3 is 2.45 bits per heavy atom. The summed E-state index contributed by atoms with van der Waals surface area (Å²) < 4.78 is 0. The normalized spacial score (nSPS) is 11.4. The van der Waals surface area contributed by atoms with Gasteiger partial charge in [-0.15, -0.1) is 0 Å². The van der Waals surface area contributed by atoms with Crippen LogP contribution in [0.2, 0.25) is 0 Å². The predicted molar refractivity (Wildman–Crippen MR) is 80.6 cm³/mol. The van der Waals surface area contributed by atoms with Crippen molar-refractivity contribution in [2.24, 2.45) is 10.9 Å². The number of oxime groups is 1. The zero-order valence-electron chi connectivity index (χ0n) is 11.6. The van der Waals surface area contributed by atoms with E-state index >= 15 is 0 Å². The Morgan fingerprint density at radius 2 is 1.95 bits per heavy atom. The van der Waals surface area contributed by atoms with Crippen molar-refractivity contribution in [3.63, 3.8) is 0 Å². The Morgan fingerprint density at radius 1 is 1.25 bits per heavy atom. The number of aromatic nitrogens is 1. The number of hydrogen-bond acceptors (Lipinski definition) is 4. The van der Waals surface area contributed by atoms with Crippen molar-refractivity contribution in [2.75, 3.05) is 11.9 Å². The molecule has 0 bridgehead atoms. The first-order valence-electron chi connectivity index (χ1n) is 6.42. The molecule has 0 saturated carbocycles. The van der Waals surface area contributed by atoms with Crippen LogP contribution in [-0.4, -0.2) is 23.1 Å². The van der Waals surface area contributed by atoms with E-state index in [9.17, 15) is 0 Å². The molecular weight excluding hydrogens is 252 g/mol. The van der Waals surface area contributed by atoms with E-state index in [2.05, 4.69) is 41.3 Å². The molecule has 0 fully saturated rings. The van der Waals surface area contributed by atoms with Crippen LogP contribution in [0.3, 0.4) is 0 Å². The summed E-state index contributed by atoms with van der Waals surface area (Å²) in [6.45, 7) is 2.13. The molecular formula is C15H18N4O. The van der Waals surface area contributed by atoms with Crippen LogP contribution in [0.1, 0.15) is 18.1 Å². The molecule has 104 valence electrons. The van der Waals surface area contributed by atoms with Crippen molar-refractivity contribution in [3.8, 4) is 0 Å². The number of aryl methyl sites for hydroxylation is 1. The van der Waals surface area contributed by atoms with E-state index in [0.717, 1.165) is 17.9 Å². The average Bonchev–Trinajstić information content (AvgIpc) is 2.53. The lowest BCUT2D eigenvalue weighted by Crippen LogP contribution is -2.15. The fraction of sp³-hybridized carbons (Fsp3) is 0.200. The molecule has 1 heterocycles. The molecule has 2 rings (SSSR count). The van der Waals surface area contributed by atoms with E-state index in [-0.39, 0.29) is 5.84 Å². The zero-order valence-corrected chi connectivity index (χ0v) is 11.6. The van der Waals surface area contributed by atoms with Gasteiger partial charge in [0.05, 0.1) is 0 Å². The standard InChI is InChI=1S/C15H18N4O/c1-3-11-4-7-13(8-5-11)19(2)14-9-6-12(10-17-14)15(16)18-20/h4-10,20H,3H2,1-2H3,(H2,16,18). The van der Waals surface area contributed by atoms with Crippen LogP contribution in [0.4, 0.5) is 11.5 Å². The molecule has 0 aliphatic heterocycles. The molecule has 0 aliphatic carbocycles. The highest BCUT2D eigenvalue weighted by Gasteiger charge is 2.06. The molecule has 1 aromatic heterocycles. The third-order valence-electron chi connectivity index (χ3n) is 3.23. The SMILES string of the molecule is CCc1ccc(N(C)c2ccc(C(N)=NO)cn2)cc1. The molecule has 5 heteroatoms. The van der Waals surface area contributed by atoms with Gasteiger partial charge in [0, 0.05) is 24.5 Å². The van der Waals surface area contributed by atoms with Gasteiger partial charge < -0.3 is 15.8 Å². The molecule has 0 unspecified atom stereocenters. The highest BCUT2D eigenvalue weighted by atomic mass is 16.4. The summed E-state index contributed by atoms with van der Waals surface area (Å²) in [4.78, 5) is 6.30. The summed E-state index contributed by atoms with van der Waals surface area (Å²) in [6.07, 6.45) is 2.61. The van der Waals surface area contributed by atoms with Crippen LogP contribution >= 0.6 is 0 Å². The molecule has 0 amide bonds. The summed E-state index contributed by atoms with van der Waals surface area (Å²) in [5.74, 6) is 0.850. The summed E-state index contributed by atoms with van der Waals surface area (Å²) >= 11 is 0. The second-order valence-electron chi connectivity index (χ2n) is 4.47. The second kappa shape index (κ2) is 6.06. The van der Waals surface area contributed by atoms with Gasteiger partial charge in [0.2, 0.25) is 0 Å². The molecule has 0 aliphatic rings. The highest BCUT2D eigenvalue weighted by Crippen LogP contribution is 2.22. The minimum Gasteiger partial charge on any atom is -0.409 e. The largest absolute Gasteiger partial charge is 0.409 e. The average molecular weight is 270 g/mol. The van der Waals surface area contributed by atoms with E-state index in [1.807, 2.05) is 18.0 Å². The first kappa shape index (κ1) is 13.9. The minimum absolute atomic E-state index is 0.0546. The maximum absolute atomic E-state index is 8.62. The molecule has 0 radical (unpaired) electrons. The van der Waals surface area contributed by atoms with Crippen LogP contribution < -0.4 is 10.6 Å². The topological polar surface area (TPSA) is 74.7 Å². The smallest absolute Gasteiger partial charge is 0.171 e. The van der Waals surface area contributed by atoms with E-state index in [0.29, 0.717) is 5.56 Å². The fourth-order valence-corrected chi connectivity index (χ4v) is 1.88. The lowest BCUT2D eigenvalue weighted by Gasteiger charge is -2.18. The van der Waals surface area contributed by atoms with Gasteiger partial charge in [0.25, 0.3) is 0 Å². The predicted octanol–water partition coefficient (Wildman–Crippen LogP) is 2.51. The van der Waals surface area contributed by atoms with Crippen molar-refractivity contribution in [3.05, 3.63) is 53.7 Å². The number of hydrogen-bond donors (Lipinski definition) is 2. The van der Waals surface area contributed by atoms with Gasteiger partial charge in [0.15, 0.2) is 5.84 Å². The van der Waals surface area contributed by atoms with Gasteiger partial charge in [-0.25, -0.2) is 4.98 Å². The highest BCUT2D eigenvalue weighted by molar-refractivity contribution is 5.96. The Balaban J connectivity index is 2.21. The molecule has 5 nitrogen and oxygen atoms in total. The van der Waals surface area contributed by atoms with Crippen LogP contribution in [-0.2, 0) is 6.42 Å². The lowest BCUT2D eigenvalue weighted by molar-refractivity contribution is 0.318. The third kappa shape index (κ3) is 2.88. The Hall–Kier alpha value is -2.56. The van der Waals surface area contributed by atoms with Gasteiger partial charge in [-0.2, -0.15) is 0 Å². The van der Waals surface area contributed by atoms with Crippen LogP contribution in [0.15, 0.2) is 47.8 Å². The third-order valence-corrected chi connectivity index (χ3v) is 3.23. The zero-order chi connectivity index (χ0) is 14.5. The lowest BCUT2D eigenvalue weighted by atomic mass is 10.1. The van der Waals surface area contributed by atoms with Crippen LogP contribution in [0, 0.1) is 0 Å². The maximum Gasteiger partial charge on any atom is 0.171 e. The molecule has 3 N–H and O–H groups in total. The Bertz CT molecular complexity index is 590. The van der Waals surface area contributed by atoms with E-state index in [1.54, 1.807) is 12.3 Å². The van der Waals surface area contributed by atoms with Crippen LogP contribution in [0.5, 0.6) is 0 Å². The molecule has 2 aromatic rings. The van der Waals surface area contributed by atoms with Gasteiger partial charge in [-0.3, -0.25) is 0 Å². The van der Waals surface area contributed by atoms with Gasteiger partial charge in [-0.05, 0) is 36.2 Å². The minimum atomic E-state index is 0.0546. The summed E-state index contributed by atoms with van der Waals surface area (Å²) in [5.41, 5.74) is 8.46.